The number of esters is 1. The number of ketones is 1. The van der Waals surface area contributed by atoms with Crippen LogP contribution < -0.4 is 0 Å². The van der Waals surface area contributed by atoms with Gasteiger partial charge in [-0.1, -0.05) is 19.9 Å². The number of hydrogen-bond acceptors (Lipinski definition) is 5. The molecule has 1 aromatic heterocycles. The Morgan fingerprint density at radius 2 is 1.72 bits per heavy atom. The molecule has 7 nitrogen and oxygen atoms in total. The maximum absolute atomic E-state index is 12.6. The molecule has 0 aliphatic carbocycles. The van der Waals surface area contributed by atoms with Gasteiger partial charge in [-0.05, 0) is 45.0 Å². The van der Waals surface area contributed by atoms with Gasteiger partial charge < -0.3 is 9.30 Å². The first-order chi connectivity index (χ1) is 13.7. The lowest BCUT2D eigenvalue weighted by atomic mass is 10.1. The first-order valence-corrected chi connectivity index (χ1v) is 11.1. The molecule has 1 heterocycles. The summed E-state index contributed by atoms with van der Waals surface area (Å²) >= 11 is 0. The summed E-state index contributed by atoms with van der Waals surface area (Å²) in [5, 5.41) is 0. The van der Waals surface area contributed by atoms with Crippen LogP contribution in [0.4, 0.5) is 0 Å². The third-order valence-corrected chi connectivity index (χ3v) is 6.98. The standard InChI is InChI=1S/C21H28N2O5S/c1-6-22(7-2)29(26,27)18-11-9-10-17(13-18)21(25)28-14-20(24)19-12-15(4)23(8-3)16(19)5/h9-13H,6-8,14H2,1-5H3. The Morgan fingerprint density at radius 1 is 1.07 bits per heavy atom. The molecule has 0 spiro atoms. The number of Topliss-reactive ketones (excluding diaryl/α,β-unsaturated/α-hetero) is 1. The topological polar surface area (TPSA) is 85.7 Å². The van der Waals surface area contributed by atoms with Gasteiger partial charge in [0.1, 0.15) is 0 Å². The van der Waals surface area contributed by atoms with Gasteiger partial charge in [0, 0.05) is 36.6 Å². The third-order valence-electron chi connectivity index (χ3n) is 4.94. The van der Waals surface area contributed by atoms with E-state index in [9.17, 15) is 18.0 Å². The quantitative estimate of drug-likeness (QED) is 0.459. The summed E-state index contributed by atoms with van der Waals surface area (Å²) in [6.45, 7) is 10.3. The Kier molecular flexibility index (Phi) is 7.37. The number of hydrogen-bond donors (Lipinski definition) is 0. The van der Waals surface area contributed by atoms with Gasteiger partial charge in [-0.15, -0.1) is 0 Å². The highest BCUT2D eigenvalue weighted by atomic mass is 32.2. The lowest BCUT2D eigenvalue weighted by Crippen LogP contribution is -2.30. The van der Waals surface area contributed by atoms with Gasteiger partial charge >= 0.3 is 5.97 Å². The Labute approximate surface area is 172 Å². The number of sulfonamides is 1. The van der Waals surface area contributed by atoms with Crippen molar-refractivity contribution >= 4 is 21.8 Å². The molecule has 0 fully saturated rings. The fraction of sp³-hybridized carbons (Fsp3) is 0.429. The van der Waals surface area contributed by atoms with E-state index < -0.39 is 22.6 Å². The average Bonchev–Trinajstić information content (AvgIpc) is 3.00. The van der Waals surface area contributed by atoms with Crippen molar-refractivity contribution in [1.82, 2.24) is 8.87 Å². The van der Waals surface area contributed by atoms with Crippen LogP contribution in [-0.2, 0) is 21.3 Å². The zero-order valence-corrected chi connectivity index (χ0v) is 18.4. The molecule has 158 valence electrons. The van der Waals surface area contributed by atoms with E-state index >= 15 is 0 Å². The zero-order valence-electron chi connectivity index (χ0n) is 17.6. The monoisotopic (exact) mass is 420 g/mol. The highest BCUT2D eigenvalue weighted by Crippen LogP contribution is 2.18. The van der Waals surface area contributed by atoms with Crippen LogP contribution >= 0.6 is 0 Å². The maximum atomic E-state index is 12.6. The van der Waals surface area contributed by atoms with Crippen molar-refractivity contribution in [2.24, 2.45) is 0 Å². The van der Waals surface area contributed by atoms with E-state index in [1.807, 2.05) is 25.3 Å². The number of aromatic nitrogens is 1. The molecule has 0 saturated carbocycles. The SMILES string of the molecule is CCN(CC)S(=O)(=O)c1cccc(C(=O)OCC(=O)c2cc(C)n(CC)c2C)c1. The fourth-order valence-electron chi connectivity index (χ4n) is 3.36. The van der Waals surface area contributed by atoms with Crippen LogP contribution in [0.5, 0.6) is 0 Å². The van der Waals surface area contributed by atoms with Crippen LogP contribution in [0.2, 0.25) is 0 Å². The van der Waals surface area contributed by atoms with Gasteiger partial charge in [0.2, 0.25) is 15.8 Å². The highest BCUT2D eigenvalue weighted by Gasteiger charge is 2.23. The van der Waals surface area contributed by atoms with E-state index in [0.29, 0.717) is 18.7 Å². The minimum absolute atomic E-state index is 0.0217. The molecule has 0 amide bonds. The molecular weight excluding hydrogens is 392 g/mol. The molecule has 2 aromatic rings. The van der Waals surface area contributed by atoms with Crippen LogP contribution in [0.3, 0.4) is 0 Å². The van der Waals surface area contributed by atoms with Gasteiger partial charge in [0.25, 0.3) is 0 Å². The maximum Gasteiger partial charge on any atom is 0.338 e. The Hall–Kier alpha value is -2.45. The van der Waals surface area contributed by atoms with Crippen molar-refractivity contribution in [2.75, 3.05) is 19.7 Å². The second kappa shape index (κ2) is 9.37. The molecule has 2 rings (SSSR count). The number of ether oxygens (including phenoxy) is 1. The number of benzene rings is 1. The van der Waals surface area contributed by atoms with Gasteiger partial charge in [-0.25, -0.2) is 13.2 Å². The van der Waals surface area contributed by atoms with Crippen molar-refractivity contribution in [3.8, 4) is 0 Å². The van der Waals surface area contributed by atoms with Gasteiger partial charge in [-0.3, -0.25) is 4.79 Å². The molecule has 0 aliphatic heterocycles. The summed E-state index contributed by atoms with van der Waals surface area (Å²) < 4.78 is 33.8. The van der Waals surface area contributed by atoms with E-state index in [2.05, 4.69) is 0 Å². The summed E-state index contributed by atoms with van der Waals surface area (Å²) in [7, 11) is -3.69. The molecular formula is C21H28N2O5S. The van der Waals surface area contributed by atoms with E-state index in [4.69, 9.17) is 4.74 Å². The molecule has 0 unspecified atom stereocenters. The molecule has 29 heavy (non-hydrogen) atoms. The molecule has 8 heteroatoms. The Balaban J connectivity index is 2.15. The summed E-state index contributed by atoms with van der Waals surface area (Å²) in [6.07, 6.45) is 0. The lowest BCUT2D eigenvalue weighted by molar-refractivity contribution is 0.0474. The number of carbonyl (C=O) groups excluding carboxylic acids is 2. The Bertz CT molecular complexity index is 1000. The summed E-state index contributed by atoms with van der Waals surface area (Å²) in [6, 6.07) is 7.46. The normalized spacial score (nSPS) is 11.7. The second-order valence-corrected chi connectivity index (χ2v) is 8.58. The van der Waals surface area contributed by atoms with E-state index in [-0.39, 0.29) is 16.2 Å². The number of rotatable bonds is 9. The Morgan fingerprint density at radius 3 is 2.28 bits per heavy atom. The van der Waals surface area contributed by atoms with Crippen LogP contribution in [0.1, 0.15) is 52.9 Å². The molecule has 0 aliphatic rings. The van der Waals surface area contributed by atoms with E-state index in [0.717, 1.165) is 17.9 Å². The second-order valence-electron chi connectivity index (χ2n) is 6.65. The summed E-state index contributed by atoms with van der Waals surface area (Å²) in [5.74, 6) is -1.03. The number of aryl methyl sites for hydroxylation is 1. The summed E-state index contributed by atoms with van der Waals surface area (Å²) in [5.41, 5.74) is 2.41. The molecule has 0 bridgehead atoms. The zero-order chi connectivity index (χ0) is 21.8. The molecule has 0 radical (unpaired) electrons. The smallest absolute Gasteiger partial charge is 0.338 e. The molecule has 0 atom stereocenters. The minimum Gasteiger partial charge on any atom is -0.454 e. The van der Waals surface area contributed by atoms with Crippen LogP contribution in [0.15, 0.2) is 35.2 Å². The van der Waals surface area contributed by atoms with Crippen molar-refractivity contribution in [1.29, 1.82) is 0 Å². The molecule has 1 aromatic carbocycles. The predicted octanol–water partition coefficient (Wildman–Crippen LogP) is 3.20. The van der Waals surface area contributed by atoms with Crippen molar-refractivity contribution in [3.05, 3.63) is 52.8 Å². The predicted molar refractivity (Wildman–Crippen MR) is 111 cm³/mol. The van der Waals surface area contributed by atoms with Crippen LogP contribution in [-0.4, -0.2) is 48.7 Å². The summed E-state index contributed by atoms with van der Waals surface area (Å²) in [4.78, 5) is 24.9. The number of carbonyl (C=O) groups is 2. The highest BCUT2D eigenvalue weighted by molar-refractivity contribution is 7.89. The third kappa shape index (κ3) is 4.76. The van der Waals surface area contributed by atoms with Crippen molar-refractivity contribution in [2.45, 2.75) is 46.1 Å². The average molecular weight is 421 g/mol. The van der Waals surface area contributed by atoms with Gasteiger partial charge in [0.05, 0.1) is 10.5 Å². The van der Waals surface area contributed by atoms with Gasteiger partial charge in [-0.2, -0.15) is 4.31 Å². The lowest BCUT2D eigenvalue weighted by Gasteiger charge is -2.18. The largest absolute Gasteiger partial charge is 0.454 e. The number of nitrogens with zero attached hydrogens (tertiary/aromatic N) is 2. The first kappa shape index (κ1) is 22.8. The van der Waals surface area contributed by atoms with E-state index in [1.54, 1.807) is 19.9 Å². The minimum atomic E-state index is -3.69. The van der Waals surface area contributed by atoms with Crippen LogP contribution in [0, 0.1) is 13.8 Å². The fourth-order valence-corrected chi connectivity index (χ4v) is 4.86. The van der Waals surface area contributed by atoms with E-state index in [1.165, 1.54) is 28.6 Å². The molecule has 0 N–H and O–H groups in total. The first-order valence-electron chi connectivity index (χ1n) is 9.64. The molecule has 0 saturated heterocycles. The van der Waals surface area contributed by atoms with Crippen molar-refractivity contribution in [3.63, 3.8) is 0 Å². The van der Waals surface area contributed by atoms with Crippen LogP contribution in [0.25, 0.3) is 0 Å². The van der Waals surface area contributed by atoms with Gasteiger partial charge in [0.15, 0.2) is 6.61 Å². The van der Waals surface area contributed by atoms with Crippen molar-refractivity contribution < 1.29 is 22.7 Å².